The maximum Gasteiger partial charge on any atom is 0.0554 e. The molecule has 0 aromatic rings. The summed E-state index contributed by atoms with van der Waals surface area (Å²) >= 11 is 2.05. The van der Waals surface area contributed by atoms with Crippen molar-refractivity contribution in [2.24, 2.45) is 11.3 Å². The van der Waals surface area contributed by atoms with Gasteiger partial charge in [-0.25, -0.2) is 0 Å². The van der Waals surface area contributed by atoms with Crippen LogP contribution < -0.4 is 5.32 Å². The molecule has 15 heavy (non-hydrogen) atoms. The number of ether oxygens (including phenoxy) is 1. The van der Waals surface area contributed by atoms with Gasteiger partial charge in [0.1, 0.15) is 0 Å². The Bertz CT molecular complexity index is 180. The molecule has 0 amide bonds. The second kappa shape index (κ2) is 6.12. The van der Waals surface area contributed by atoms with Gasteiger partial charge >= 0.3 is 0 Å². The molecule has 1 N–H and O–H groups in total. The van der Waals surface area contributed by atoms with E-state index in [1.165, 1.54) is 11.5 Å². The first-order chi connectivity index (χ1) is 7.02. The lowest BCUT2D eigenvalue weighted by Gasteiger charge is -2.39. The first kappa shape index (κ1) is 13.3. The zero-order valence-corrected chi connectivity index (χ0v) is 11.3. The van der Waals surface area contributed by atoms with Crippen LogP contribution in [0.25, 0.3) is 0 Å². The summed E-state index contributed by atoms with van der Waals surface area (Å²) in [7, 11) is 0. The smallest absolute Gasteiger partial charge is 0.0554 e. The molecule has 1 unspecified atom stereocenters. The van der Waals surface area contributed by atoms with Crippen molar-refractivity contribution in [2.45, 2.75) is 33.7 Å². The highest BCUT2D eigenvalue weighted by molar-refractivity contribution is 7.99. The molecular formula is C12H25NOS. The third kappa shape index (κ3) is 5.23. The minimum Gasteiger partial charge on any atom is -0.380 e. The zero-order valence-electron chi connectivity index (χ0n) is 10.5. The standard InChI is InChI=1S/C12H25NOS/c1-10(2)5-15-6-11(3)13-7-12(4)8-14-9-12/h10-11,13H,5-9H2,1-4H3. The zero-order chi connectivity index (χ0) is 11.3. The predicted molar refractivity (Wildman–Crippen MR) is 68.6 cm³/mol. The van der Waals surface area contributed by atoms with Crippen LogP contribution in [0.3, 0.4) is 0 Å². The topological polar surface area (TPSA) is 21.3 Å². The minimum absolute atomic E-state index is 0.400. The largest absolute Gasteiger partial charge is 0.380 e. The Morgan fingerprint density at radius 3 is 2.40 bits per heavy atom. The van der Waals surface area contributed by atoms with Gasteiger partial charge in [-0.15, -0.1) is 0 Å². The average Bonchev–Trinajstić information content (AvgIpc) is 2.11. The third-order valence-corrected chi connectivity index (χ3v) is 4.24. The second-order valence-corrected chi connectivity index (χ2v) is 6.59. The van der Waals surface area contributed by atoms with E-state index in [1.54, 1.807) is 0 Å². The maximum atomic E-state index is 5.24. The van der Waals surface area contributed by atoms with Crippen LogP contribution >= 0.6 is 11.8 Å². The summed E-state index contributed by atoms with van der Waals surface area (Å²) in [6.45, 7) is 12.1. The molecule has 1 saturated heterocycles. The molecule has 0 aromatic heterocycles. The number of hydrogen-bond donors (Lipinski definition) is 1. The summed E-state index contributed by atoms with van der Waals surface area (Å²) in [5.41, 5.74) is 0.400. The highest BCUT2D eigenvalue weighted by atomic mass is 32.2. The van der Waals surface area contributed by atoms with E-state index < -0.39 is 0 Å². The van der Waals surface area contributed by atoms with Crippen LogP contribution in [0.4, 0.5) is 0 Å². The summed E-state index contributed by atoms with van der Waals surface area (Å²) in [6.07, 6.45) is 0. The van der Waals surface area contributed by atoms with Gasteiger partial charge in [-0.05, 0) is 18.6 Å². The van der Waals surface area contributed by atoms with Gasteiger partial charge in [-0.2, -0.15) is 11.8 Å². The molecule has 0 saturated carbocycles. The molecule has 1 fully saturated rings. The van der Waals surface area contributed by atoms with Crippen LogP contribution in [0, 0.1) is 11.3 Å². The first-order valence-corrected chi connectivity index (χ1v) is 7.06. The molecule has 1 atom stereocenters. The van der Waals surface area contributed by atoms with Gasteiger partial charge in [0.05, 0.1) is 13.2 Å². The van der Waals surface area contributed by atoms with E-state index in [4.69, 9.17) is 4.74 Å². The van der Waals surface area contributed by atoms with Crippen LogP contribution in [-0.4, -0.2) is 37.3 Å². The highest BCUT2D eigenvalue weighted by Gasteiger charge is 2.33. The Hall–Kier alpha value is 0.270. The fourth-order valence-corrected chi connectivity index (χ4v) is 2.59. The fraction of sp³-hybridized carbons (Fsp3) is 1.00. The fourth-order valence-electron chi connectivity index (χ4n) is 1.51. The lowest BCUT2D eigenvalue weighted by atomic mass is 9.88. The molecule has 0 bridgehead atoms. The van der Waals surface area contributed by atoms with Crippen molar-refractivity contribution in [3.05, 3.63) is 0 Å². The molecule has 2 nitrogen and oxygen atoms in total. The van der Waals surface area contributed by atoms with Gasteiger partial charge in [0, 0.05) is 23.8 Å². The molecule has 0 aliphatic carbocycles. The molecule has 3 heteroatoms. The first-order valence-electron chi connectivity index (χ1n) is 5.91. The number of nitrogens with one attached hydrogen (secondary N) is 1. The van der Waals surface area contributed by atoms with Gasteiger partial charge < -0.3 is 10.1 Å². The Balaban J connectivity index is 2.00. The molecule has 0 spiro atoms. The monoisotopic (exact) mass is 231 g/mol. The van der Waals surface area contributed by atoms with E-state index in [-0.39, 0.29) is 0 Å². The normalized spacial score (nSPS) is 21.4. The van der Waals surface area contributed by atoms with E-state index in [0.29, 0.717) is 11.5 Å². The molecule has 90 valence electrons. The molecule has 1 heterocycles. The van der Waals surface area contributed by atoms with Crippen LogP contribution in [0.2, 0.25) is 0 Å². The predicted octanol–water partition coefficient (Wildman–Crippen LogP) is 2.39. The van der Waals surface area contributed by atoms with Gasteiger partial charge in [0.15, 0.2) is 0 Å². The SMILES string of the molecule is CC(C)CSCC(C)NCC1(C)COC1. The third-order valence-electron chi connectivity index (χ3n) is 2.60. The molecule has 0 radical (unpaired) electrons. The molecule has 0 aromatic carbocycles. The Morgan fingerprint density at radius 1 is 1.27 bits per heavy atom. The van der Waals surface area contributed by atoms with E-state index in [2.05, 4.69) is 44.8 Å². The van der Waals surface area contributed by atoms with Crippen molar-refractivity contribution in [3.8, 4) is 0 Å². The van der Waals surface area contributed by atoms with Gasteiger partial charge in [0.25, 0.3) is 0 Å². The molecule has 1 aliphatic rings. The quantitative estimate of drug-likeness (QED) is 0.727. The van der Waals surface area contributed by atoms with Crippen molar-refractivity contribution in [3.63, 3.8) is 0 Å². The lowest BCUT2D eigenvalue weighted by Crippen LogP contribution is -2.49. The van der Waals surface area contributed by atoms with Crippen LogP contribution in [0.1, 0.15) is 27.7 Å². The number of thioether (sulfide) groups is 1. The Kier molecular flexibility index (Phi) is 5.44. The summed E-state index contributed by atoms with van der Waals surface area (Å²) in [4.78, 5) is 0. The van der Waals surface area contributed by atoms with E-state index in [0.717, 1.165) is 25.7 Å². The highest BCUT2D eigenvalue weighted by Crippen LogP contribution is 2.25. The average molecular weight is 231 g/mol. The van der Waals surface area contributed by atoms with E-state index in [1.807, 2.05) is 0 Å². The van der Waals surface area contributed by atoms with Gasteiger partial charge in [-0.3, -0.25) is 0 Å². The van der Waals surface area contributed by atoms with Crippen LogP contribution in [0.15, 0.2) is 0 Å². The van der Waals surface area contributed by atoms with Crippen molar-refractivity contribution in [2.75, 3.05) is 31.3 Å². The van der Waals surface area contributed by atoms with E-state index in [9.17, 15) is 0 Å². The molecule has 1 rings (SSSR count). The van der Waals surface area contributed by atoms with Crippen molar-refractivity contribution in [1.29, 1.82) is 0 Å². The van der Waals surface area contributed by atoms with E-state index >= 15 is 0 Å². The lowest BCUT2D eigenvalue weighted by molar-refractivity contribution is -0.0996. The maximum absolute atomic E-state index is 5.24. The minimum atomic E-state index is 0.400. The summed E-state index contributed by atoms with van der Waals surface area (Å²) in [5.74, 6) is 3.29. The van der Waals surface area contributed by atoms with Crippen molar-refractivity contribution in [1.82, 2.24) is 5.32 Å². The molecular weight excluding hydrogens is 206 g/mol. The second-order valence-electron chi connectivity index (χ2n) is 5.52. The number of hydrogen-bond acceptors (Lipinski definition) is 3. The van der Waals surface area contributed by atoms with Crippen LogP contribution in [-0.2, 0) is 4.74 Å². The Labute approximate surface area is 98.5 Å². The van der Waals surface area contributed by atoms with Crippen LogP contribution in [0.5, 0.6) is 0 Å². The summed E-state index contributed by atoms with van der Waals surface area (Å²) in [6, 6.07) is 0.617. The van der Waals surface area contributed by atoms with Crippen molar-refractivity contribution >= 4 is 11.8 Å². The van der Waals surface area contributed by atoms with Crippen molar-refractivity contribution < 1.29 is 4.74 Å². The number of rotatable bonds is 7. The van der Waals surface area contributed by atoms with Gasteiger partial charge in [-0.1, -0.05) is 20.8 Å². The Morgan fingerprint density at radius 2 is 1.93 bits per heavy atom. The molecule has 1 aliphatic heterocycles. The summed E-state index contributed by atoms with van der Waals surface area (Å²) in [5, 5.41) is 3.60. The van der Waals surface area contributed by atoms with Gasteiger partial charge in [0.2, 0.25) is 0 Å². The summed E-state index contributed by atoms with van der Waals surface area (Å²) < 4.78 is 5.24.